The molecule has 29 heavy (non-hydrogen) atoms. The molecule has 4 aliphatic rings. The van der Waals surface area contributed by atoms with Crippen LogP contribution in [0.5, 0.6) is 0 Å². The highest BCUT2D eigenvalue weighted by Crippen LogP contribution is 2.49. The smallest absolute Gasteiger partial charge is 0.335 e. The molecule has 4 heterocycles. The van der Waals surface area contributed by atoms with Gasteiger partial charge >= 0.3 is 5.97 Å². The van der Waals surface area contributed by atoms with Gasteiger partial charge in [0, 0.05) is 29.4 Å². The van der Waals surface area contributed by atoms with E-state index in [9.17, 15) is 9.90 Å². The van der Waals surface area contributed by atoms with E-state index >= 15 is 0 Å². The highest BCUT2D eigenvalue weighted by atomic mass is 35.5. The highest BCUT2D eigenvalue weighted by Gasteiger charge is 2.55. The molecule has 0 aromatic carbocycles. The van der Waals surface area contributed by atoms with Crippen LogP contribution in [0.15, 0.2) is 16.9 Å². The quantitative estimate of drug-likeness (QED) is 0.703. The largest absolute Gasteiger partial charge is 0.479 e. The van der Waals surface area contributed by atoms with E-state index in [4.69, 9.17) is 37.2 Å². The van der Waals surface area contributed by atoms with Crippen molar-refractivity contribution in [2.45, 2.75) is 62.3 Å². The lowest BCUT2D eigenvalue weighted by Gasteiger charge is -2.50. The monoisotopic (exact) mass is 438 g/mol. The zero-order valence-electron chi connectivity index (χ0n) is 15.6. The summed E-state index contributed by atoms with van der Waals surface area (Å²) in [6.45, 7) is 0.554. The van der Waals surface area contributed by atoms with Crippen molar-refractivity contribution in [1.29, 1.82) is 0 Å². The van der Waals surface area contributed by atoms with Crippen LogP contribution in [0, 0.1) is 0 Å². The molecule has 2 aliphatic heterocycles. The zero-order chi connectivity index (χ0) is 20.2. The minimum atomic E-state index is -1.05. The van der Waals surface area contributed by atoms with Gasteiger partial charge in [0.1, 0.15) is 11.5 Å². The Morgan fingerprint density at radius 1 is 1.21 bits per heavy atom. The average molecular weight is 439 g/mol. The van der Waals surface area contributed by atoms with Crippen LogP contribution in [-0.4, -0.2) is 39.0 Å². The molecule has 4 fully saturated rings. The van der Waals surface area contributed by atoms with Crippen LogP contribution in [0.2, 0.25) is 10.0 Å². The summed E-state index contributed by atoms with van der Waals surface area (Å²) in [5, 5.41) is 14.5. The van der Waals surface area contributed by atoms with Gasteiger partial charge in [-0.05, 0) is 38.5 Å². The van der Waals surface area contributed by atoms with Crippen molar-refractivity contribution in [2.75, 3.05) is 6.61 Å². The van der Waals surface area contributed by atoms with E-state index in [0.717, 1.165) is 24.2 Å². The van der Waals surface area contributed by atoms with Gasteiger partial charge in [0.2, 0.25) is 0 Å². The van der Waals surface area contributed by atoms with E-state index in [1.807, 2.05) is 0 Å². The molecule has 0 unspecified atom stereocenters. The van der Waals surface area contributed by atoms with Crippen LogP contribution in [0.1, 0.15) is 55.8 Å². The van der Waals surface area contributed by atoms with Crippen LogP contribution in [0.4, 0.5) is 0 Å². The molecule has 2 aromatic heterocycles. The number of halogens is 2. The summed E-state index contributed by atoms with van der Waals surface area (Å²) < 4.78 is 17.8. The van der Waals surface area contributed by atoms with E-state index in [2.05, 4.69) is 10.1 Å². The van der Waals surface area contributed by atoms with Crippen molar-refractivity contribution in [1.82, 2.24) is 10.1 Å². The molecule has 0 atom stereocenters. The number of ether oxygens (including phenoxy) is 2. The number of pyridine rings is 1. The number of aliphatic carboxylic acids is 1. The Morgan fingerprint density at radius 2 is 1.90 bits per heavy atom. The lowest BCUT2D eigenvalue weighted by molar-refractivity contribution is -0.242. The third kappa shape index (κ3) is 3.24. The molecule has 1 N–H and O–H groups in total. The minimum Gasteiger partial charge on any atom is -0.479 e. The van der Waals surface area contributed by atoms with E-state index in [1.54, 1.807) is 0 Å². The number of hydrogen-bond donors (Lipinski definition) is 1. The molecular formula is C20H20Cl2N2O5. The number of carbonyl (C=O) groups is 1. The molecule has 2 aromatic rings. The summed E-state index contributed by atoms with van der Waals surface area (Å²) >= 11 is 12.7. The van der Waals surface area contributed by atoms with Gasteiger partial charge in [-0.25, -0.2) is 4.79 Å². The molecule has 9 heteroatoms. The van der Waals surface area contributed by atoms with Crippen LogP contribution < -0.4 is 0 Å². The fourth-order valence-corrected chi connectivity index (χ4v) is 4.86. The molecule has 154 valence electrons. The number of carboxylic acids is 1. The minimum absolute atomic E-state index is 0.273. The Balaban J connectivity index is 1.42. The average Bonchev–Trinajstić information content (AvgIpc) is 3.48. The number of rotatable bonds is 6. The lowest BCUT2D eigenvalue weighted by atomic mass is 9.73. The molecule has 2 saturated carbocycles. The van der Waals surface area contributed by atoms with Crippen molar-refractivity contribution >= 4 is 29.2 Å². The number of carboxylic acid groups (broad SMARTS) is 1. The predicted molar refractivity (Wildman–Crippen MR) is 104 cm³/mol. The highest BCUT2D eigenvalue weighted by molar-refractivity contribution is 6.38. The SMILES string of the molecule is O=C(O)C12CCC(OCc3c(-c4c(Cl)cncc4Cl)noc3C3CC3)(CC1)CO2. The lowest BCUT2D eigenvalue weighted by Crippen LogP contribution is -2.59. The first kappa shape index (κ1) is 19.3. The van der Waals surface area contributed by atoms with Crippen molar-refractivity contribution in [2.24, 2.45) is 0 Å². The fraction of sp³-hybridized carbons (Fsp3) is 0.550. The molecule has 2 aliphatic carbocycles. The predicted octanol–water partition coefficient (Wildman–Crippen LogP) is 4.60. The van der Waals surface area contributed by atoms with Crippen LogP contribution in [-0.2, 0) is 20.9 Å². The molecule has 0 spiro atoms. The summed E-state index contributed by atoms with van der Waals surface area (Å²) in [7, 11) is 0. The Morgan fingerprint density at radius 3 is 2.45 bits per heavy atom. The van der Waals surface area contributed by atoms with E-state index in [1.165, 1.54) is 12.4 Å². The summed E-state index contributed by atoms with van der Waals surface area (Å²) in [4.78, 5) is 15.6. The zero-order valence-corrected chi connectivity index (χ0v) is 17.1. The summed E-state index contributed by atoms with van der Waals surface area (Å²) in [6.07, 6.45) is 7.36. The van der Waals surface area contributed by atoms with Gasteiger partial charge in [-0.1, -0.05) is 28.4 Å². The van der Waals surface area contributed by atoms with Crippen molar-refractivity contribution in [3.05, 3.63) is 33.8 Å². The van der Waals surface area contributed by atoms with E-state index in [-0.39, 0.29) is 13.2 Å². The Hall–Kier alpha value is -1.67. The first-order valence-electron chi connectivity index (χ1n) is 9.72. The summed E-state index contributed by atoms with van der Waals surface area (Å²) in [5.74, 6) is 0.262. The van der Waals surface area contributed by atoms with E-state index in [0.29, 0.717) is 52.9 Å². The topological polar surface area (TPSA) is 94.7 Å². The molecule has 0 amide bonds. The van der Waals surface area contributed by atoms with Gasteiger partial charge in [0.15, 0.2) is 5.60 Å². The molecule has 2 saturated heterocycles. The number of aromatic nitrogens is 2. The molecule has 2 bridgehead atoms. The van der Waals surface area contributed by atoms with Crippen molar-refractivity contribution < 1.29 is 23.9 Å². The van der Waals surface area contributed by atoms with E-state index < -0.39 is 17.2 Å². The van der Waals surface area contributed by atoms with Crippen molar-refractivity contribution in [3.63, 3.8) is 0 Å². The summed E-state index contributed by atoms with van der Waals surface area (Å²) in [6, 6.07) is 0. The third-order valence-corrected chi connectivity index (χ3v) is 6.92. The summed E-state index contributed by atoms with van der Waals surface area (Å²) in [5.41, 5.74) is 0.470. The second kappa shape index (κ2) is 6.94. The standard InChI is InChI=1S/C20H20Cl2N2O5/c21-13-7-23-8-14(22)15(13)16-12(17(29-24-16)11-1-2-11)9-27-19-3-5-20(6-4-19,18(25)26)28-10-19/h7-8,11H,1-6,9-10H2,(H,25,26). The maximum atomic E-state index is 11.6. The molecular weight excluding hydrogens is 419 g/mol. The second-order valence-electron chi connectivity index (χ2n) is 8.19. The van der Waals surface area contributed by atoms with Gasteiger partial charge in [0.25, 0.3) is 0 Å². The Labute approximate surface area is 177 Å². The molecule has 0 radical (unpaired) electrons. The second-order valence-corrected chi connectivity index (χ2v) is 9.00. The Bertz CT molecular complexity index is 927. The number of fused-ring (bicyclic) bond motifs is 3. The fourth-order valence-electron chi connectivity index (χ4n) is 4.32. The first-order valence-corrected chi connectivity index (χ1v) is 10.5. The van der Waals surface area contributed by atoms with Crippen LogP contribution in [0.3, 0.4) is 0 Å². The van der Waals surface area contributed by atoms with Crippen LogP contribution in [0.25, 0.3) is 11.3 Å². The van der Waals surface area contributed by atoms with Crippen molar-refractivity contribution in [3.8, 4) is 11.3 Å². The van der Waals surface area contributed by atoms with Gasteiger partial charge < -0.3 is 19.1 Å². The normalized spacial score (nSPS) is 28.6. The van der Waals surface area contributed by atoms with Gasteiger partial charge in [0.05, 0.1) is 28.9 Å². The molecule has 6 rings (SSSR count). The number of hydrogen-bond acceptors (Lipinski definition) is 6. The van der Waals surface area contributed by atoms with Gasteiger partial charge in [-0.2, -0.15) is 0 Å². The van der Waals surface area contributed by atoms with Gasteiger partial charge in [-0.3, -0.25) is 4.98 Å². The third-order valence-electron chi connectivity index (χ3n) is 6.35. The maximum absolute atomic E-state index is 11.6. The maximum Gasteiger partial charge on any atom is 0.335 e. The Kier molecular flexibility index (Phi) is 4.62. The van der Waals surface area contributed by atoms with Crippen LogP contribution >= 0.6 is 23.2 Å². The van der Waals surface area contributed by atoms with Gasteiger partial charge in [-0.15, -0.1) is 0 Å². The number of nitrogens with zero attached hydrogens (tertiary/aromatic N) is 2. The molecule has 7 nitrogen and oxygen atoms in total. The first-order chi connectivity index (χ1) is 13.9.